The van der Waals surface area contributed by atoms with Crippen LogP contribution in [0.5, 0.6) is 0 Å². The van der Waals surface area contributed by atoms with Crippen molar-refractivity contribution in [2.45, 2.75) is 11.3 Å². The lowest BCUT2D eigenvalue weighted by atomic mass is 9.76. The van der Waals surface area contributed by atoms with E-state index in [4.69, 9.17) is 0 Å². The van der Waals surface area contributed by atoms with Gasteiger partial charge in [0.15, 0.2) is 0 Å². The van der Waals surface area contributed by atoms with Crippen LogP contribution in [-0.4, -0.2) is 15.8 Å². The minimum atomic E-state index is -0.850. The van der Waals surface area contributed by atoms with Crippen molar-refractivity contribution in [3.63, 3.8) is 0 Å². The summed E-state index contributed by atoms with van der Waals surface area (Å²) in [4.78, 5) is 4.22. The largest absolute Gasteiger partial charge is 0.290 e. The topological polar surface area (TPSA) is 17.8 Å². The summed E-state index contributed by atoms with van der Waals surface area (Å²) in [5.41, 5.74) is 2.84. The van der Waals surface area contributed by atoms with Gasteiger partial charge in [0.25, 0.3) is 6.08 Å². The molecule has 0 saturated heterocycles. The number of nitrogens with zero attached hydrogens (tertiary/aromatic N) is 2. The monoisotopic (exact) mass is 388 g/mol. The van der Waals surface area contributed by atoms with Crippen molar-refractivity contribution in [3.05, 3.63) is 126 Å². The molecule has 0 aliphatic rings. The zero-order valence-corrected chi connectivity index (χ0v) is 16.4. The Morgan fingerprint density at radius 3 is 1.61 bits per heavy atom. The maximum absolute atomic E-state index is 15.3. The van der Waals surface area contributed by atoms with E-state index >= 15 is 4.39 Å². The molecule has 0 atom stereocenters. The molecule has 3 aromatic carbocycles. The zero-order chi connectivity index (χ0) is 19.4. The molecule has 1 heterocycles. The number of hydrogen-bond acceptors (Lipinski definition) is 2. The molecule has 1 aromatic heterocycles. The highest BCUT2D eigenvalue weighted by atomic mass is 32.2. The van der Waals surface area contributed by atoms with E-state index in [0.717, 1.165) is 22.4 Å². The predicted octanol–water partition coefficient (Wildman–Crippen LogP) is 5.73. The first kappa shape index (κ1) is 18.5. The molecule has 0 aliphatic heterocycles. The zero-order valence-electron chi connectivity index (χ0n) is 15.6. The van der Waals surface area contributed by atoms with E-state index in [1.807, 2.05) is 103 Å². The van der Waals surface area contributed by atoms with E-state index in [2.05, 4.69) is 4.98 Å². The lowest BCUT2D eigenvalue weighted by Crippen LogP contribution is -2.38. The summed E-state index contributed by atoms with van der Waals surface area (Å²) in [5.74, 6) is 0.665. The minimum Gasteiger partial charge on any atom is -0.289 e. The molecule has 28 heavy (non-hydrogen) atoms. The van der Waals surface area contributed by atoms with Gasteiger partial charge in [-0.15, -0.1) is 0 Å². The van der Waals surface area contributed by atoms with Crippen LogP contribution in [-0.2, 0) is 11.3 Å². The summed E-state index contributed by atoms with van der Waals surface area (Å²) in [6.45, 7) is 0. The van der Waals surface area contributed by atoms with Crippen LogP contribution in [0, 0.1) is 6.08 Å². The van der Waals surface area contributed by atoms with Crippen LogP contribution < -0.4 is 0 Å². The molecule has 0 saturated carbocycles. The van der Waals surface area contributed by atoms with Crippen molar-refractivity contribution in [1.82, 2.24) is 9.55 Å². The molecule has 140 valence electrons. The third-order valence-corrected chi connectivity index (χ3v) is 5.53. The van der Waals surface area contributed by atoms with Gasteiger partial charge in [-0.2, -0.15) is 16.2 Å². The summed E-state index contributed by atoms with van der Waals surface area (Å²) in [5, 5.41) is 0. The highest BCUT2D eigenvalue weighted by Crippen LogP contribution is 2.41. The number of imidazole rings is 1. The minimum absolute atomic E-state index is 0.486. The van der Waals surface area contributed by atoms with Crippen LogP contribution in [0.2, 0.25) is 0 Å². The second-order valence-corrected chi connectivity index (χ2v) is 7.48. The van der Waals surface area contributed by atoms with E-state index in [0.29, 0.717) is 5.75 Å². The molecule has 4 heteroatoms. The third kappa shape index (κ3) is 3.14. The van der Waals surface area contributed by atoms with Gasteiger partial charge in [-0.25, -0.2) is 4.98 Å². The highest BCUT2D eigenvalue weighted by Gasteiger charge is 2.40. The van der Waals surface area contributed by atoms with Gasteiger partial charge in [-0.05, 0) is 22.9 Å². The van der Waals surface area contributed by atoms with Crippen molar-refractivity contribution in [3.8, 4) is 0 Å². The lowest BCUT2D eigenvalue weighted by molar-refractivity contribution is 0.397. The van der Waals surface area contributed by atoms with Gasteiger partial charge >= 0.3 is 0 Å². The number of benzene rings is 3. The first-order valence-corrected chi connectivity index (χ1v) is 10.6. The second kappa shape index (κ2) is 8.03. The molecular formula is C24H21FN2S. The van der Waals surface area contributed by atoms with Gasteiger partial charge in [-0.3, -0.25) is 4.57 Å². The van der Waals surface area contributed by atoms with Crippen LogP contribution in [0.3, 0.4) is 0 Å². The molecule has 4 rings (SSSR count). The van der Waals surface area contributed by atoms with Crippen LogP contribution in [0.1, 0.15) is 22.4 Å². The Labute approximate surface area is 169 Å². The van der Waals surface area contributed by atoms with Crippen LogP contribution in [0.15, 0.2) is 97.2 Å². The molecule has 2 nitrogen and oxygen atoms in total. The maximum Gasteiger partial charge on any atom is 0.290 e. The molecule has 0 amide bonds. The van der Waals surface area contributed by atoms with E-state index in [9.17, 15) is 0 Å². The summed E-state index contributed by atoms with van der Waals surface area (Å²) >= 11 is 1.63. The summed E-state index contributed by atoms with van der Waals surface area (Å²) in [6, 6.07) is 30.2. The van der Waals surface area contributed by atoms with Crippen LogP contribution in [0.4, 0.5) is 4.39 Å². The first-order chi connectivity index (χ1) is 13.8. The predicted molar refractivity (Wildman–Crippen MR) is 114 cm³/mol. The van der Waals surface area contributed by atoms with Gasteiger partial charge in [0.05, 0.1) is 5.69 Å². The SMILES string of the molecule is CSCc1cn(C(c2ccccc2)(c2ccccc2)c2ccccc2)c(F)n1. The van der Waals surface area contributed by atoms with Gasteiger partial charge < -0.3 is 0 Å². The smallest absolute Gasteiger partial charge is 0.289 e. The van der Waals surface area contributed by atoms with E-state index in [-0.39, 0.29) is 0 Å². The molecule has 0 spiro atoms. The molecular weight excluding hydrogens is 367 g/mol. The van der Waals surface area contributed by atoms with Crippen LogP contribution in [0.25, 0.3) is 0 Å². The maximum atomic E-state index is 15.3. The number of halogens is 1. The van der Waals surface area contributed by atoms with E-state index in [1.165, 1.54) is 0 Å². The molecule has 0 aliphatic carbocycles. The number of hydrogen-bond donors (Lipinski definition) is 0. The number of thioether (sulfide) groups is 1. The Kier molecular flexibility index (Phi) is 5.31. The van der Waals surface area contributed by atoms with Crippen molar-refractivity contribution < 1.29 is 4.39 Å². The average Bonchev–Trinajstić information content (AvgIpc) is 3.12. The van der Waals surface area contributed by atoms with Crippen molar-refractivity contribution in [2.24, 2.45) is 0 Å². The Balaban J connectivity index is 2.11. The van der Waals surface area contributed by atoms with E-state index < -0.39 is 11.6 Å². The van der Waals surface area contributed by atoms with E-state index in [1.54, 1.807) is 16.3 Å². The van der Waals surface area contributed by atoms with Gasteiger partial charge in [-0.1, -0.05) is 91.0 Å². The molecule has 4 aromatic rings. The van der Waals surface area contributed by atoms with Gasteiger partial charge in [0.2, 0.25) is 0 Å². The number of rotatable bonds is 6. The van der Waals surface area contributed by atoms with Crippen molar-refractivity contribution in [2.75, 3.05) is 6.26 Å². The Bertz CT molecular complexity index is 934. The molecule has 0 unspecified atom stereocenters. The fraction of sp³-hybridized carbons (Fsp3) is 0.125. The quantitative estimate of drug-likeness (QED) is 0.393. The molecule has 0 bridgehead atoms. The van der Waals surface area contributed by atoms with Crippen molar-refractivity contribution in [1.29, 1.82) is 0 Å². The van der Waals surface area contributed by atoms with Gasteiger partial charge in [0.1, 0.15) is 5.54 Å². The average molecular weight is 389 g/mol. The lowest BCUT2D eigenvalue weighted by Gasteiger charge is -2.37. The van der Waals surface area contributed by atoms with Crippen LogP contribution >= 0.6 is 11.8 Å². The first-order valence-electron chi connectivity index (χ1n) is 9.16. The standard InChI is InChI=1S/C24H21FN2S/c1-28-18-22-17-27(23(25)26-22)24(19-11-5-2-6-12-19,20-13-7-3-8-14-20)21-15-9-4-10-16-21/h2-17H,18H2,1H3. The normalized spacial score (nSPS) is 11.5. The highest BCUT2D eigenvalue weighted by molar-refractivity contribution is 7.97. The summed E-state index contributed by atoms with van der Waals surface area (Å²) < 4.78 is 17.0. The third-order valence-electron chi connectivity index (χ3n) is 4.94. The second-order valence-electron chi connectivity index (χ2n) is 6.61. The Morgan fingerprint density at radius 2 is 1.21 bits per heavy atom. The molecule has 0 radical (unpaired) electrons. The fourth-order valence-electron chi connectivity index (χ4n) is 3.81. The number of aromatic nitrogens is 2. The van der Waals surface area contributed by atoms with Gasteiger partial charge in [0, 0.05) is 11.9 Å². The Morgan fingerprint density at radius 1 is 0.786 bits per heavy atom. The fourth-order valence-corrected chi connectivity index (χ4v) is 4.25. The van der Waals surface area contributed by atoms with Crippen molar-refractivity contribution >= 4 is 11.8 Å². The Hall–Kier alpha value is -2.85. The summed E-state index contributed by atoms with van der Waals surface area (Å²) in [7, 11) is 0. The molecule has 0 N–H and O–H groups in total. The summed E-state index contributed by atoms with van der Waals surface area (Å²) in [6.07, 6.45) is 3.36. The molecule has 0 fully saturated rings.